The fourth-order valence-corrected chi connectivity index (χ4v) is 5.09. The number of rotatable bonds is 7. The van der Waals surface area contributed by atoms with Gasteiger partial charge in [0, 0.05) is 18.5 Å². The van der Waals surface area contributed by atoms with Gasteiger partial charge in [0.25, 0.3) is 0 Å². The minimum atomic E-state index is 0.658. The lowest BCUT2D eigenvalue weighted by Crippen LogP contribution is -2.13. The van der Waals surface area contributed by atoms with Crippen molar-refractivity contribution >= 4 is 16.7 Å². The lowest BCUT2D eigenvalue weighted by atomic mass is 10.1. The smallest absolute Gasteiger partial charge is 0.182 e. The number of para-hydroxylation sites is 1. The van der Waals surface area contributed by atoms with Gasteiger partial charge in [-0.2, -0.15) is 5.10 Å². The van der Waals surface area contributed by atoms with Crippen LogP contribution in [0.4, 0.5) is 5.82 Å². The Morgan fingerprint density at radius 2 is 1.77 bits per heavy atom. The van der Waals surface area contributed by atoms with Crippen molar-refractivity contribution in [2.24, 2.45) is 11.8 Å². The summed E-state index contributed by atoms with van der Waals surface area (Å²) in [4.78, 5) is 9.45. The third-order valence-corrected chi connectivity index (χ3v) is 6.78. The molecule has 0 radical (unpaired) electrons. The molecule has 5 rings (SSSR count). The number of ether oxygens (including phenoxy) is 1. The lowest BCUT2D eigenvalue weighted by Gasteiger charge is -2.14. The van der Waals surface area contributed by atoms with Crippen molar-refractivity contribution in [3.05, 3.63) is 30.5 Å². The molecule has 0 aliphatic heterocycles. The zero-order valence-electron chi connectivity index (χ0n) is 17.8. The summed E-state index contributed by atoms with van der Waals surface area (Å²) in [5, 5.41) is 9.61. The minimum absolute atomic E-state index is 0.658. The van der Waals surface area contributed by atoms with Gasteiger partial charge < -0.3 is 10.1 Å². The minimum Gasteiger partial charge on any atom is -0.491 e. The molecule has 2 aromatic heterocycles. The number of fused-ring (bicyclic) bond motifs is 1. The molecule has 3 aromatic rings. The van der Waals surface area contributed by atoms with Crippen molar-refractivity contribution in [1.82, 2.24) is 19.7 Å². The second-order valence-corrected chi connectivity index (χ2v) is 8.84. The Bertz CT molecular complexity index is 1000. The van der Waals surface area contributed by atoms with Gasteiger partial charge in [0.15, 0.2) is 17.4 Å². The highest BCUT2D eigenvalue weighted by atomic mass is 16.5. The Morgan fingerprint density at radius 1 is 1.03 bits per heavy atom. The van der Waals surface area contributed by atoms with E-state index in [9.17, 15) is 0 Å². The van der Waals surface area contributed by atoms with Crippen LogP contribution in [-0.4, -0.2) is 33.4 Å². The SMILES string of the molecule is COc1cnc(-c2nn(CC3CCCC3)c3ccccc23)nc1NCC1CCCC1. The summed E-state index contributed by atoms with van der Waals surface area (Å²) in [7, 11) is 1.67. The van der Waals surface area contributed by atoms with Crippen LogP contribution in [0.1, 0.15) is 51.4 Å². The number of aromatic nitrogens is 4. The molecule has 0 spiro atoms. The quantitative estimate of drug-likeness (QED) is 0.578. The third kappa shape index (κ3) is 3.87. The molecule has 0 atom stereocenters. The number of benzene rings is 1. The number of methoxy groups -OCH3 is 1. The number of nitrogens with one attached hydrogen (secondary N) is 1. The molecular weight excluding hydrogens is 374 g/mol. The first-order valence-electron chi connectivity index (χ1n) is 11.4. The van der Waals surface area contributed by atoms with E-state index in [2.05, 4.69) is 39.2 Å². The first-order valence-corrected chi connectivity index (χ1v) is 11.4. The van der Waals surface area contributed by atoms with E-state index in [4.69, 9.17) is 14.8 Å². The van der Waals surface area contributed by atoms with Crippen LogP contribution < -0.4 is 10.1 Å². The van der Waals surface area contributed by atoms with Crippen LogP contribution in [0, 0.1) is 11.8 Å². The third-order valence-electron chi connectivity index (χ3n) is 6.78. The molecule has 30 heavy (non-hydrogen) atoms. The standard InChI is InChI=1S/C24H31N5O/c1-30-21-15-26-24(27-23(21)25-14-17-8-2-3-9-17)22-19-12-6-7-13-20(19)29(28-22)16-18-10-4-5-11-18/h6-7,12-13,15,17-18H,2-5,8-11,14,16H2,1H3,(H,25,26,27). The number of hydrogen-bond acceptors (Lipinski definition) is 5. The first-order chi connectivity index (χ1) is 14.8. The zero-order chi connectivity index (χ0) is 20.3. The van der Waals surface area contributed by atoms with Crippen molar-refractivity contribution in [2.45, 2.75) is 57.9 Å². The molecule has 158 valence electrons. The van der Waals surface area contributed by atoms with Crippen molar-refractivity contribution in [1.29, 1.82) is 0 Å². The maximum atomic E-state index is 5.52. The zero-order valence-corrected chi connectivity index (χ0v) is 17.8. The summed E-state index contributed by atoms with van der Waals surface area (Å²) in [5.74, 6) is 3.56. The molecule has 2 aliphatic carbocycles. The van der Waals surface area contributed by atoms with Gasteiger partial charge in [-0.25, -0.2) is 9.97 Å². The molecule has 0 saturated heterocycles. The largest absolute Gasteiger partial charge is 0.491 e. The fourth-order valence-electron chi connectivity index (χ4n) is 5.09. The van der Waals surface area contributed by atoms with Crippen LogP contribution in [0.3, 0.4) is 0 Å². The molecule has 2 aliphatic rings. The highest BCUT2D eigenvalue weighted by Gasteiger charge is 2.21. The summed E-state index contributed by atoms with van der Waals surface area (Å²) in [6.45, 7) is 1.91. The average Bonchev–Trinajstić information content (AvgIpc) is 3.55. The normalized spacial score (nSPS) is 17.8. The van der Waals surface area contributed by atoms with Gasteiger partial charge in [-0.15, -0.1) is 0 Å². The van der Waals surface area contributed by atoms with E-state index in [0.29, 0.717) is 11.6 Å². The maximum Gasteiger partial charge on any atom is 0.182 e. The van der Waals surface area contributed by atoms with Crippen LogP contribution in [0.25, 0.3) is 22.4 Å². The molecule has 1 aromatic carbocycles. The number of hydrogen-bond donors (Lipinski definition) is 1. The predicted octanol–water partition coefficient (Wildman–Crippen LogP) is 5.29. The summed E-state index contributed by atoms with van der Waals surface area (Å²) in [6.07, 6.45) is 12.3. The molecular formula is C24H31N5O. The van der Waals surface area contributed by atoms with Crippen molar-refractivity contribution < 1.29 is 4.74 Å². The van der Waals surface area contributed by atoms with E-state index < -0.39 is 0 Å². The number of anilines is 1. The molecule has 6 heteroatoms. The van der Waals surface area contributed by atoms with Gasteiger partial charge in [-0.1, -0.05) is 43.9 Å². The fraction of sp³-hybridized carbons (Fsp3) is 0.542. The summed E-state index contributed by atoms with van der Waals surface area (Å²) >= 11 is 0. The van der Waals surface area contributed by atoms with Crippen molar-refractivity contribution in [3.8, 4) is 17.3 Å². The molecule has 0 unspecified atom stereocenters. The van der Waals surface area contributed by atoms with Gasteiger partial charge in [-0.05, 0) is 43.6 Å². The van der Waals surface area contributed by atoms with E-state index in [1.807, 2.05) is 0 Å². The Morgan fingerprint density at radius 3 is 2.53 bits per heavy atom. The van der Waals surface area contributed by atoms with Gasteiger partial charge in [0.05, 0.1) is 18.8 Å². The Balaban J connectivity index is 1.47. The van der Waals surface area contributed by atoms with Crippen LogP contribution in [0.15, 0.2) is 30.5 Å². The second-order valence-electron chi connectivity index (χ2n) is 8.84. The first kappa shape index (κ1) is 19.3. The molecule has 6 nitrogen and oxygen atoms in total. The van der Waals surface area contributed by atoms with Crippen LogP contribution in [0.5, 0.6) is 5.75 Å². The van der Waals surface area contributed by atoms with E-state index in [1.165, 1.54) is 56.9 Å². The monoisotopic (exact) mass is 405 g/mol. The van der Waals surface area contributed by atoms with E-state index in [-0.39, 0.29) is 0 Å². The second kappa shape index (κ2) is 8.62. The maximum absolute atomic E-state index is 5.52. The van der Waals surface area contributed by atoms with Gasteiger partial charge in [0.1, 0.15) is 5.69 Å². The summed E-state index contributed by atoms with van der Waals surface area (Å²) in [6, 6.07) is 8.43. The van der Waals surface area contributed by atoms with Crippen LogP contribution >= 0.6 is 0 Å². The highest BCUT2D eigenvalue weighted by molar-refractivity contribution is 5.91. The average molecular weight is 406 g/mol. The summed E-state index contributed by atoms with van der Waals surface area (Å²) < 4.78 is 7.69. The number of nitrogens with zero attached hydrogens (tertiary/aromatic N) is 4. The molecule has 2 fully saturated rings. The van der Waals surface area contributed by atoms with Crippen LogP contribution in [0.2, 0.25) is 0 Å². The van der Waals surface area contributed by atoms with Crippen LogP contribution in [-0.2, 0) is 6.54 Å². The Hall–Kier alpha value is -2.63. The molecule has 2 heterocycles. The van der Waals surface area contributed by atoms with Gasteiger partial charge in [-0.3, -0.25) is 4.68 Å². The Kier molecular flexibility index (Phi) is 5.56. The van der Waals surface area contributed by atoms with Crippen molar-refractivity contribution in [2.75, 3.05) is 19.0 Å². The lowest BCUT2D eigenvalue weighted by molar-refractivity contribution is 0.412. The van der Waals surface area contributed by atoms with Crippen molar-refractivity contribution in [3.63, 3.8) is 0 Å². The van der Waals surface area contributed by atoms with Gasteiger partial charge in [0.2, 0.25) is 0 Å². The Labute approximate surface area is 178 Å². The molecule has 2 saturated carbocycles. The van der Waals surface area contributed by atoms with E-state index in [0.717, 1.165) is 41.8 Å². The highest BCUT2D eigenvalue weighted by Crippen LogP contribution is 2.32. The molecule has 0 bridgehead atoms. The topological polar surface area (TPSA) is 64.9 Å². The van der Waals surface area contributed by atoms with E-state index in [1.54, 1.807) is 13.3 Å². The van der Waals surface area contributed by atoms with Gasteiger partial charge >= 0.3 is 0 Å². The summed E-state index contributed by atoms with van der Waals surface area (Å²) in [5.41, 5.74) is 2.02. The molecule has 0 amide bonds. The molecule has 1 N–H and O–H groups in total. The van der Waals surface area contributed by atoms with E-state index >= 15 is 0 Å². The predicted molar refractivity (Wildman–Crippen MR) is 120 cm³/mol.